The summed E-state index contributed by atoms with van der Waals surface area (Å²) in [6.07, 6.45) is 1.36. The van der Waals surface area contributed by atoms with E-state index in [1.165, 1.54) is 0 Å². The summed E-state index contributed by atoms with van der Waals surface area (Å²) >= 11 is 0. The molecule has 1 N–H and O–H groups in total. The van der Waals surface area contributed by atoms with Crippen LogP contribution in [0.15, 0.2) is 24.3 Å². The molecule has 1 aromatic rings. The third kappa shape index (κ3) is 3.27. The van der Waals surface area contributed by atoms with E-state index < -0.39 is 5.97 Å². The fraction of sp³-hybridized carbons (Fsp3) is 0.588. The molecule has 0 heterocycles. The number of nitrogens with zero attached hydrogens (tertiary/aromatic N) is 1. The number of hydrogen-bond acceptors (Lipinski definition) is 3. The summed E-state index contributed by atoms with van der Waals surface area (Å²) in [6, 6.07) is 7.63. The fourth-order valence-electron chi connectivity index (χ4n) is 3.30. The van der Waals surface area contributed by atoms with Gasteiger partial charge in [-0.15, -0.1) is 0 Å². The molecule has 0 aliphatic heterocycles. The highest BCUT2D eigenvalue weighted by molar-refractivity contribution is 5.87. The SMILES string of the molecule is CCOC1CC(N(C)Cc2cccc(C(=O)O)c2)C1(C)C. The molecule has 2 atom stereocenters. The molecule has 0 amide bonds. The molecular weight excluding hydrogens is 266 g/mol. The Labute approximate surface area is 126 Å². The number of ether oxygens (including phenoxy) is 1. The summed E-state index contributed by atoms with van der Waals surface area (Å²) in [4.78, 5) is 13.3. The largest absolute Gasteiger partial charge is 0.478 e. The predicted octanol–water partition coefficient (Wildman–Crippen LogP) is 3.02. The molecule has 2 unspecified atom stereocenters. The van der Waals surface area contributed by atoms with Crippen LogP contribution in [0.5, 0.6) is 0 Å². The van der Waals surface area contributed by atoms with Crippen molar-refractivity contribution in [2.45, 2.75) is 45.9 Å². The van der Waals surface area contributed by atoms with Gasteiger partial charge in [-0.3, -0.25) is 4.90 Å². The molecule has 116 valence electrons. The molecule has 1 aliphatic carbocycles. The van der Waals surface area contributed by atoms with Gasteiger partial charge in [0.2, 0.25) is 0 Å². The number of carboxylic acids is 1. The molecule has 0 bridgehead atoms. The zero-order valence-corrected chi connectivity index (χ0v) is 13.3. The van der Waals surface area contributed by atoms with E-state index in [1.54, 1.807) is 12.1 Å². The molecule has 1 aliphatic rings. The number of rotatable bonds is 6. The number of benzene rings is 1. The maximum Gasteiger partial charge on any atom is 0.335 e. The van der Waals surface area contributed by atoms with Gasteiger partial charge in [-0.2, -0.15) is 0 Å². The van der Waals surface area contributed by atoms with E-state index in [0.717, 1.165) is 25.1 Å². The second kappa shape index (κ2) is 6.16. The number of carboxylic acid groups (broad SMARTS) is 1. The van der Waals surface area contributed by atoms with Crippen LogP contribution in [0.4, 0.5) is 0 Å². The highest BCUT2D eigenvalue weighted by Crippen LogP contribution is 2.45. The van der Waals surface area contributed by atoms with Gasteiger partial charge in [-0.25, -0.2) is 4.79 Å². The normalized spacial score (nSPS) is 23.9. The predicted molar refractivity (Wildman–Crippen MR) is 82.5 cm³/mol. The van der Waals surface area contributed by atoms with Gasteiger partial charge in [0.05, 0.1) is 11.7 Å². The molecule has 2 rings (SSSR count). The Morgan fingerprint density at radius 1 is 1.48 bits per heavy atom. The first-order chi connectivity index (χ1) is 9.86. The smallest absolute Gasteiger partial charge is 0.335 e. The van der Waals surface area contributed by atoms with Crippen LogP contribution in [-0.4, -0.2) is 41.8 Å². The molecule has 1 saturated carbocycles. The van der Waals surface area contributed by atoms with Crippen LogP contribution >= 0.6 is 0 Å². The van der Waals surface area contributed by atoms with Crippen molar-refractivity contribution < 1.29 is 14.6 Å². The maximum absolute atomic E-state index is 11.0. The van der Waals surface area contributed by atoms with Gasteiger partial charge in [0.1, 0.15) is 0 Å². The van der Waals surface area contributed by atoms with Crippen molar-refractivity contribution in [3.8, 4) is 0 Å². The van der Waals surface area contributed by atoms with Gasteiger partial charge in [-0.05, 0) is 38.1 Å². The minimum absolute atomic E-state index is 0.134. The maximum atomic E-state index is 11.0. The minimum Gasteiger partial charge on any atom is -0.478 e. The molecule has 4 heteroatoms. The molecule has 1 fully saturated rings. The quantitative estimate of drug-likeness (QED) is 0.875. The highest BCUT2D eigenvalue weighted by atomic mass is 16.5. The summed E-state index contributed by atoms with van der Waals surface area (Å²) in [6.45, 7) is 8.03. The molecule has 0 spiro atoms. The van der Waals surface area contributed by atoms with E-state index in [4.69, 9.17) is 9.84 Å². The summed E-state index contributed by atoms with van der Waals surface area (Å²) in [5.74, 6) is -0.875. The summed E-state index contributed by atoms with van der Waals surface area (Å²) in [5.41, 5.74) is 1.52. The second-order valence-corrected chi connectivity index (χ2v) is 6.44. The summed E-state index contributed by atoms with van der Waals surface area (Å²) in [7, 11) is 2.10. The van der Waals surface area contributed by atoms with Crippen molar-refractivity contribution in [2.75, 3.05) is 13.7 Å². The van der Waals surface area contributed by atoms with E-state index in [0.29, 0.717) is 17.7 Å². The average molecular weight is 291 g/mol. The lowest BCUT2D eigenvalue weighted by Gasteiger charge is -2.55. The van der Waals surface area contributed by atoms with Gasteiger partial charge in [0.25, 0.3) is 0 Å². The molecule has 4 nitrogen and oxygen atoms in total. The van der Waals surface area contributed by atoms with Gasteiger partial charge in [-0.1, -0.05) is 26.0 Å². The van der Waals surface area contributed by atoms with Gasteiger partial charge in [0.15, 0.2) is 0 Å². The van der Waals surface area contributed by atoms with Crippen LogP contribution in [-0.2, 0) is 11.3 Å². The Kier molecular flexibility index (Phi) is 4.69. The van der Waals surface area contributed by atoms with E-state index in [-0.39, 0.29) is 5.41 Å². The molecule has 21 heavy (non-hydrogen) atoms. The Bertz CT molecular complexity index is 513. The standard InChI is InChI=1S/C17H25NO3/c1-5-21-15-10-14(17(15,2)3)18(4)11-12-7-6-8-13(9-12)16(19)20/h6-9,14-15H,5,10-11H2,1-4H3,(H,19,20). The third-order valence-corrected chi connectivity index (χ3v) is 4.63. The number of hydrogen-bond donors (Lipinski definition) is 1. The minimum atomic E-state index is -0.875. The Morgan fingerprint density at radius 3 is 2.76 bits per heavy atom. The zero-order valence-electron chi connectivity index (χ0n) is 13.3. The van der Waals surface area contributed by atoms with E-state index in [9.17, 15) is 4.79 Å². The van der Waals surface area contributed by atoms with Crippen molar-refractivity contribution >= 4 is 5.97 Å². The molecule has 0 saturated heterocycles. The van der Waals surface area contributed by atoms with E-state index in [1.807, 2.05) is 19.1 Å². The van der Waals surface area contributed by atoms with Crippen molar-refractivity contribution in [1.29, 1.82) is 0 Å². The van der Waals surface area contributed by atoms with Gasteiger partial charge >= 0.3 is 5.97 Å². The van der Waals surface area contributed by atoms with Crippen molar-refractivity contribution in [3.63, 3.8) is 0 Å². The van der Waals surface area contributed by atoms with Crippen LogP contribution in [0.2, 0.25) is 0 Å². The molecule has 1 aromatic carbocycles. The van der Waals surface area contributed by atoms with Crippen LogP contribution in [0.3, 0.4) is 0 Å². The fourth-order valence-corrected chi connectivity index (χ4v) is 3.30. The van der Waals surface area contributed by atoms with Crippen LogP contribution in [0.1, 0.15) is 43.1 Å². The number of aromatic carboxylic acids is 1. The highest BCUT2D eigenvalue weighted by Gasteiger charge is 2.50. The average Bonchev–Trinajstić information content (AvgIpc) is 2.43. The van der Waals surface area contributed by atoms with E-state index in [2.05, 4.69) is 25.8 Å². The first-order valence-corrected chi connectivity index (χ1v) is 7.50. The Balaban J connectivity index is 2.01. The lowest BCUT2D eigenvalue weighted by Crippen LogP contribution is -2.60. The van der Waals surface area contributed by atoms with Gasteiger partial charge < -0.3 is 9.84 Å². The molecular formula is C17H25NO3. The first kappa shape index (κ1) is 16.0. The van der Waals surface area contributed by atoms with Crippen LogP contribution < -0.4 is 0 Å². The Hall–Kier alpha value is -1.39. The lowest BCUT2D eigenvalue weighted by atomic mass is 9.64. The third-order valence-electron chi connectivity index (χ3n) is 4.63. The van der Waals surface area contributed by atoms with E-state index >= 15 is 0 Å². The summed E-state index contributed by atoms with van der Waals surface area (Å²) in [5, 5.41) is 9.06. The Morgan fingerprint density at radius 2 is 2.19 bits per heavy atom. The molecule has 0 aromatic heterocycles. The summed E-state index contributed by atoms with van der Waals surface area (Å²) < 4.78 is 5.77. The van der Waals surface area contributed by atoms with Crippen molar-refractivity contribution in [2.24, 2.45) is 5.41 Å². The lowest BCUT2D eigenvalue weighted by molar-refractivity contribution is -0.146. The topological polar surface area (TPSA) is 49.8 Å². The van der Waals surface area contributed by atoms with Crippen LogP contribution in [0, 0.1) is 5.41 Å². The van der Waals surface area contributed by atoms with Crippen molar-refractivity contribution in [3.05, 3.63) is 35.4 Å². The zero-order chi connectivity index (χ0) is 15.6. The van der Waals surface area contributed by atoms with Gasteiger partial charge in [0, 0.05) is 24.6 Å². The molecule has 0 radical (unpaired) electrons. The second-order valence-electron chi connectivity index (χ2n) is 6.44. The monoisotopic (exact) mass is 291 g/mol. The first-order valence-electron chi connectivity index (χ1n) is 7.50. The number of carbonyl (C=O) groups is 1. The van der Waals surface area contributed by atoms with Crippen LogP contribution in [0.25, 0.3) is 0 Å². The van der Waals surface area contributed by atoms with Crippen molar-refractivity contribution in [1.82, 2.24) is 4.90 Å².